The van der Waals surface area contributed by atoms with Gasteiger partial charge in [0.1, 0.15) is 5.75 Å². The Morgan fingerprint density at radius 1 is 1.27 bits per heavy atom. The summed E-state index contributed by atoms with van der Waals surface area (Å²) in [5.74, 6) is 1.52. The average molecular weight is 324 g/mol. The maximum absolute atomic E-state index is 11.0. The highest BCUT2D eigenvalue weighted by atomic mass is 35.5. The molecule has 1 saturated heterocycles. The standard InChI is InChI=1S/C18H25NO2.ClH/c1-19-10-9-18-8-4-3-5-14(18)16(19)17(20)13-7-6-12(21-2)11-15(13)18;/h6-7,11,14,16-17,20H,3-5,8-10H2,1-2H3;1H/t14-,16+,17?,18+;/m1./s1. The quantitative estimate of drug-likeness (QED) is 0.860. The summed E-state index contributed by atoms with van der Waals surface area (Å²) in [5.41, 5.74) is 2.80. The fourth-order valence-electron chi connectivity index (χ4n) is 5.37. The predicted molar refractivity (Wildman–Crippen MR) is 89.9 cm³/mol. The van der Waals surface area contributed by atoms with E-state index >= 15 is 0 Å². The Hall–Kier alpha value is -0.770. The minimum atomic E-state index is -0.354. The molecular weight excluding hydrogens is 298 g/mol. The normalized spacial score (nSPS) is 36.8. The number of aliphatic hydroxyl groups is 1. The van der Waals surface area contributed by atoms with Gasteiger partial charge in [0, 0.05) is 11.5 Å². The summed E-state index contributed by atoms with van der Waals surface area (Å²) in [5, 5.41) is 11.0. The topological polar surface area (TPSA) is 32.7 Å². The van der Waals surface area contributed by atoms with Crippen LogP contribution in [-0.4, -0.2) is 36.8 Å². The van der Waals surface area contributed by atoms with Gasteiger partial charge in [0.15, 0.2) is 0 Å². The number of benzene rings is 1. The maximum Gasteiger partial charge on any atom is 0.119 e. The molecule has 1 aliphatic heterocycles. The number of ether oxygens (including phenoxy) is 1. The lowest BCUT2D eigenvalue weighted by Crippen LogP contribution is -2.61. The van der Waals surface area contributed by atoms with Gasteiger partial charge in [-0.05, 0) is 62.0 Å². The van der Waals surface area contributed by atoms with Crippen LogP contribution in [0.1, 0.15) is 49.3 Å². The number of likely N-dealkylation sites (tertiary alicyclic amines) is 1. The van der Waals surface area contributed by atoms with Gasteiger partial charge in [-0.1, -0.05) is 18.9 Å². The Bertz CT molecular complexity index is 564. The first-order valence-electron chi connectivity index (χ1n) is 8.24. The molecule has 1 aromatic rings. The summed E-state index contributed by atoms with van der Waals surface area (Å²) in [6.45, 7) is 1.09. The molecule has 4 heteroatoms. The van der Waals surface area contributed by atoms with E-state index in [0.29, 0.717) is 12.0 Å². The highest BCUT2D eigenvalue weighted by molar-refractivity contribution is 5.85. The molecule has 0 radical (unpaired) electrons. The summed E-state index contributed by atoms with van der Waals surface area (Å²) < 4.78 is 5.46. The molecule has 122 valence electrons. The van der Waals surface area contributed by atoms with Gasteiger partial charge in [-0.3, -0.25) is 0 Å². The maximum atomic E-state index is 11.0. The summed E-state index contributed by atoms with van der Waals surface area (Å²) in [7, 11) is 3.91. The number of hydrogen-bond acceptors (Lipinski definition) is 3. The van der Waals surface area contributed by atoms with Crippen LogP contribution in [-0.2, 0) is 5.41 Å². The minimum absolute atomic E-state index is 0. The van der Waals surface area contributed by atoms with Gasteiger partial charge in [0.05, 0.1) is 13.2 Å². The summed E-state index contributed by atoms with van der Waals surface area (Å²) in [6, 6.07) is 6.59. The first-order chi connectivity index (χ1) is 10.2. The van der Waals surface area contributed by atoms with Crippen molar-refractivity contribution < 1.29 is 9.84 Å². The van der Waals surface area contributed by atoms with Crippen molar-refractivity contribution >= 4 is 12.4 Å². The van der Waals surface area contributed by atoms with E-state index in [1.807, 2.05) is 6.07 Å². The summed E-state index contributed by atoms with van der Waals surface area (Å²) in [6.07, 6.45) is 6.02. The molecule has 1 saturated carbocycles. The molecule has 4 atom stereocenters. The Balaban J connectivity index is 0.00000144. The summed E-state index contributed by atoms with van der Waals surface area (Å²) in [4.78, 5) is 2.39. The van der Waals surface area contributed by atoms with Gasteiger partial charge in [0.2, 0.25) is 0 Å². The third-order valence-electron chi connectivity index (χ3n) is 6.37. The van der Waals surface area contributed by atoms with Crippen LogP contribution < -0.4 is 4.74 Å². The van der Waals surface area contributed by atoms with Gasteiger partial charge >= 0.3 is 0 Å². The van der Waals surface area contributed by atoms with E-state index in [4.69, 9.17) is 4.74 Å². The molecule has 0 aromatic heterocycles. The van der Waals surface area contributed by atoms with E-state index in [9.17, 15) is 5.11 Å². The first-order valence-corrected chi connectivity index (χ1v) is 8.24. The molecule has 2 aliphatic carbocycles. The highest BCUT2D eigenvalue weighted by Crippen LogP contribution is 2.58. The van der Waals surface area contributed by atoms with Crippen LogP contribution in [0.5, 0.6) is 5.75 Å². The van der Waals surface area contributed by atoms with E-state index < -0.39 is 0 Å². The number of fused-ring (bicyclic) bond motifs is 1. The second-order valence-electron chi connectivity index (χ2n) is 7.13. The Morgan fingerprint density at radius 2 is 2.09 bits per heavy atom. The third kappa shape index (κ3) is 2.02. The van der Waals surface area contributed by atoms with E-state index in [1.54, 1.807) is 7.11 Å². The van der Waals surface area contributed by atoms with Crippen LogP contribution >= 0.6 is 12.4 Å². The van der Waals surface area contributed by atoms with Crippen LogP contribution in [0.25, 0.3) is 0 Å². The number of nitrogens with zero attached hydrogens (tertiary/aromatic N) is 1. The largest absolute Gasteiger partial charge is 0.497 e. The molecule has 2 fully saturated rings. The zero-order valence-electron chi connectivity index (χ0n) is 13.4. The molecule has 3 nitrogen and oxygen atoms in total. The number of halogens is 1. The second-order valence-corrected chi connectivity index (χ2v) is 7.13. The monoisotopic (exact) mass is 323 g/mol. The van der Waals surface area contributed by atoms with Crippen molar-refractivity contribution in [2.24, 2.45) is 5.92 Å². The van der Waals surface area contributed by atoms with Crippen molar-refractivity contribution in [3.05, 3.63) is 29.3 Å². The Labute approximate surface area is 139 Å². The molecule has 1 unspecified atom stereocenters. The SMILES string of the molecule is COc1ccc2c(c1)[C@]13CCCC[C@@H]1[C@@H](C2O)N(C)CC3.Cl. The van der Waals surface area contributed by atoms with Crippen molar-refractivity contribution in [1.82, 2.24) is 4.90 Å². The number of rotatable bonds is 1. The molecular formula is C18H26ClNO2. The molecule has 4 rings (SSSR count). The Morgan fingerprint density at radius 3 is 2.86 bits per heavy atom. The molecule has 22 heavy (non-hydrogen) atoms. The molecule has 3 aliphatic rings. The first kappa shape index (κ1) is 16.1. The van der Waals surface area contributed by atoms with E-state index in [0.717, 1.165) is 17.9 Å². The fraction of sp³-hybridized carbons (Fsp3) is 0.667. The Kier molecular flexibility index (Phi) is 4.17. The van der Waals surface area contributed by atoms with Crippen molar-refractivity contribution in [2.45, 2.75) is 49.7 Å². The molecule has 1 heterocycles. The lowest BCUT2D eigenvalue weighted by molar-refractivity contribution is -0.0680. The zero-order chi connectivity index (χ0) is 14.6. The highest BCUT2D eigenvalue weighted by Gasteiger charge is 2.56. The van der Waals surface area contributed by atoms with Crippen LogP contribution in [0, 0.1) is 5.92 Å². The van der Waals surface area contributed by atoms with E-state index in [-0.39, 0.29) is 23.9 Å². The van der Waals surface area contributed by atoms with Crippen LogP contribution in [0.3, 0.4) is 0 Å². The molecule has 1 N–H and O–H groups in total. The zero-order valence-corrected chi connectivity index (χ0v) is 14.2. The van der Waals surface area contributed by atoms with Gasteiger partial charge in [-0.15, -0.1) is 12.4 Å². The van der Waals surface area contributed by atoms with Gasteiger partial charge in [-0.25, -0.2) is 0 Å². The van der Waals surface area contributed by atoms with Crippen molar-refractivity contribution in [2.75, 3.05) is 20.7 Å². The van der Waals surface area contributed by atoms with E-state index in [2.05, 4.69) is 24.1 Å². The van der Waals surface area contributed by atoms with Crippen molar-refractivity contribution in [3.63, 3.8) is 0 Å². The fourth-order valence-corrected chi connectivity index (χ4v) is 5.37. The van der Waals surface area contributed by atoms with Crippen LogP contribution in [0.4, 0.5) is 0 Å². The van der Waals surface area contributed by atoms with Gasteiger partial charge in [0.25, 0.3) is 0 Å². The number of hydrogen-bond donors (Lipinski definition) is 1. The predicted octanol–water partition coefficient (Wildman–Crippen LogP) is 3.30. The van der Waals surface area contributed by atoms with Crippen molar-refractivity contribution in [3.8, 4) is 5.75 Å². The summed E-state index contributed by atoms with van der Waals surface area (Å²) >= 11 is 0. The number of piperidine rings is 1. The molecule has 0 spiro atoms. The van der Waals surface area contributed by atoms with Crippen LogP contribution in [0.2, 0.25) is 0 Å². The average Bonchev–Trinajstić information content (AvgIpc) is 2.53. The molecule has 0 amide bonds. The number of likely N-dealkylation sites (N-methyl/N-ethyl adjacent to an activating group) is 1. The number of aliphatic hydroxyl groups excluding tert-OH is 1. The number of methoxy groups -OCH3 is 1. The lowest BCUT2D eigenvalue weighted by Gasteiger charge is -2.59. The second kappa shape index (κ2) is 5.70. The smallest absolute Gasteiger partial charge is 0.119 e. The minimum Gasteiger partial charge on any atom is -0.497 e. The van der Waals surface area contributed by atoms with Crippen LogP contribution in [0.15, 0.2) is 18.2 Å². The molecule has 1 aromatic carbocycles. The molecule has 2 bridgehead atoms. The van der Waals surface area contributed by atoms with Crippen molar-refractivity contribution in [1.29, 1.82) is 0 Å². The van der Waals surface area contributed by atoms with Gasteiger partial charge < -0.3 is 14.7 Å². The van der Waals surface area contributed by atoms with E-state index in [1.165, 1.54) is 37.7 Å². The third-order valence-corrected chi connectivity index (χ3v) is 6.37. The lowest BCUT2D eigenvalue weighted by atomic mass is 9.52. The van der Waals surface area contributed by atoms with Gasteiger partial charge in [-0.2, -0.15) is 0 Å².